The van der Waals surface area contributed by atoms with Crippen molar-refractivity contribution in [3.63, 3.8) is 0 Å². The third-order valence-corrected chi connectivity index (χ3v) is 3.32. The molecule has 2 N–H and O–H groups in total. The number of hydrogen-bond donors (Lipinski definition) is 2. The number of anilines is 1. The zero-order chi connectivity index (χ0) is 18.1. The molecule has 0 aliphatic rings. The molecule has 0 aromatic heterocycles. The number of carbonyl (C=O) groups is 2. The Balaban J connectivity index is 2.38. The lowest BCUT2D eigenvalue weighted by Crippen LogP contribution is -2.17. The van der Waals surface area contributed by atoms with Gasteiger partial charge in [0.2, 0.25) is 0 Å². The highest BCUT2D eigenvalue weighted by atomic mass is 35.5. The van der Waals surface area contributed by atoms with Crippen LogP contribution in [0, 0.1) is 5.82 Å². The van der Waals surface area contributed by atoms with Crippen molar-refractivity contribution in [2.45, 2.75) is 6.18 Å². The van der Waals surface area contributed by atoms with Crippen LogP contribution in [0.4, 0.5) is 23.2 Å². The first kappa shape index (κ1) is 17.7. The Kier molecular flexibility index (Phi) is 4.79. The third kappa shape index (κ3) is 3.83. The molecule has 0 aliphatic carbocycles. The molecule has 2 aromatic carbocycles. The molecule has 0 saturated heterocycles. The maximum atomic E-state index is 13.2. The average molecular weight is 362 g/mol. The SMILES string of the molecule is O=C(O)c1ccc(F)cc1C(=O)Nc1ccc(Cl)c(C(F)(F)F)c1. The van der Waals surface area contributed by atoms with E-state index >= 15 is 0 Å². The van der Waals surface area contributed by atoms with Crippen molar-refractivity contribution in [1.82, 2.24) is 0 Å². The van der Waals surface area contributed by atoms with Crippen molar-refractivity contribution < 1.29 is 32.3 Å². The summed E-state index contributed by atoms with van der Waals surface area (Å²) in [7, 11) is 0. The molecule has 4 nitrogen and oxygen atoms in total. The molecule has 0 bridgehead atoms. The van der Waals surface area contributed by atoms with Crippen molar-refractivity contribution in [2.24, 2.45) is 0 Å². The van der Waals surface area contributed by atoms with Gasteiger partial charge in [0.15, 0.2) is 0 Å². The fourth-order valence-electron chi connectivity index (χ4n) is 1.91. The number of alkyl halides is 3. The molecule has 0 saturated carbocycles. The molecule has 2 rings (SSSR count). The van der Waals surface area contributed by atoms with Crippen molar-refractivity contribution in [2.75, 3.05) is 5.32 Å². The molecule has 0 unspecified atom stereocenters. The molecule has 1 amide bonds. The Morgan fingerprint density at radius 1 is 1.04 bits per heavy atom. The number of halogens is 5. The summed E-state index contributed by atoms with van der Waals surface area (Å²) < 4.78 is 51.6. The zero-order valence-electron chi connectivity index (χ0n) is 11.6. The fourth-order valence-corrected chi connectivity index (χ4v) is 2.13. The highest BCUT2D eigenvalue weighted by Gasteiger charge is 2.33. The van der Waals surface area contributed by atoms with Gasteiger partial charge in [-0.25, -0.2) is 9.18 Å². The standard InChI is InChI=1S/C15H8ClF4NO3/c16-12-4-2-8(6-11(12)15(18,19)20)21-13(22)10-5-7(17)1-3-9(10)14(23)24/h1-6H,(H,21,22)(H,23,24). The summed E-state index contributed by atoms with van der Waals surface area (Å²) in [5.74, 6) is -3.41. The lowest BCUT2D eigenvalue weighted by atomic mass is 10.1. The van der Waals surface area contributed by atoms with Gasteiger partial charge in [-0.3, -0.25) is 4.79 Å². The number of amides is 1. The number of aromatic carboxylic acids is 1. The highest BCUT2D eigenvalue weighted by Crippen LogP contribution is 2.36. The van der Waals surface area contributed by atoms with E-state index in [0.717, 1.165) is 24.3 Å². The minimum Gasteiger partial charge on any atom is -0.478 e. The molecule has 9 heteroatoms. The molecule has 0 spiro atoms. The van der Waals surface area contributed by atoms with Crippen LogP contribution in [0.1, 0.15) is 26.3 Å². The molecule has 126 valence electrons. The molecule has 24 heavy (non-hydrogen) atoms. The first-order valence-electron chi connectivity index (χ1n) is 6.30. The number of rotatable bonds is 3. The third-order valence-electron chi connectivity index (χ3n) is 2.99. The smallest absolute Gasteiger partial charge is 0.417 e. The first-order chi connectivity index (χ1) is 11.1. The predicted molar refractivity (Wildman–Crippen MR) is 77.8 cm³/mol. The van der Waals surface area contributed by atoms with E-state index in [2.05, 4.69) is 5.32 Å². The van der Waals surface area contributed by atoms with Gasteiger partial charge in [-0.2, -0.15) is 13.2 Å². The van der Waals surface area contributed by atoms with Crippen LogP contribution >= 0.6 is 11.6 Å². The van der Waals surface area contributed by atoms with Gasteiger partial charge in [0.05, 0.1) is 21.7 Å². The largest absolute Gasteiger partial charge is 0.478 e. The second-order valence-corrected chi connectivity index (χ2v) is 5.05. The first-order valence-corrected chi connectivity index (χ1v) is 6.68. The maximum absolute atomic E-state index is 13.2. The van der Waals surface area contributed by atoms with E-state index in [1.165, 1.54) is 0 Å². The van der Waals surface area contributed by atoms with Gasteiger partial charge in [-0.05, 0) is 36.4 Å². The van der Waals surface area contributed by atoms with E-state index in [1.54, 1.807) is 0 Å². The van der Waals surface area contributed by atoms with Crippen molar-refractivity contribution in [1.29, 1.82) is 0 Å². The van der Waals surface area contributed by atoms with E-state index in [4.69, 9.17) is 16.7 Å². The molecule has 2 aromatic rings. The average Bonchev–Trinajstić information content (AvgIpc) is 2.47. The Bertz CT molecular complexity index is 821. The number of hydrogen-bond acceptors (Lipinski definition) is 2. The van der Waals surface area contributed by atoms with Gasteiger partial charge in [0.1, 0.15) is 5.82 Å². The van der Waals surface area contributed by atoms with Crippen LogP contribution in [0.15, 0.2) is 36.4 Å². The minimum atomic E-state index is -4.73. The van der Waals surface area contributed by atoms with Crippen LogP contribution in [0.5, 0.6) is 0 Å². The Hall–Kier alpha value is -2.61. The second kappa shape index (κ2) is 6.48. The van der Waals surface area contributed by atoms with Crippen molar-refractivity contribution in [3.05, 3.63) is 63.9 Å². The van der Waals surface area contributed by atoms with Crippen LogP contribution in [0.3, 0.4) is 0 Å². The fraction of sp³-hybridized carbons (Fsp3) is 0.0667. The lowest BCUT2D eigenvalue weighted by molar-refractivity contribution is -0.137. The summed E-state index contributed by atoms with van der Waals surface area (Å²) >= 11 is 5.46. The van der Waals surface area contributed by atoms with Gasteiger partial charge in [-0.15, -0.1) is 0 Å². The number of carboxylic acid groups (broad SMARTS) is 1. The van der Waals surface area contributed by atoms with Gasteiger partial charge in [-0.1, -0.05) is 11.6 Å². The van der Waals surface area contributed by atoms with Gasteiger partial charge < -0.3 is 10.4 Å². The topological polar surface area (TPSA) is 66.4 Å². The predicted octanol–water partition coefficient (Wildman–Crippen LogP) is 4.45. The summed E-state index contributed by atoms with van der Waals surface area (Å²) in [5.41, 5.74) is -2.44. The molecular formula is C15H8ClF4NO3. The monoisotopic (exact) mass is 361 g/mol. The van der Waals surface area contributed by atoms with E-state index in [0.29, 0.717) is 12.1 Å². The van der Waals surface area contributed by atoms with Crippen LogP contribution < -0.4 is 5.32 Å². The summed E-state index contributed by atoms with van der Waals surface area (Å²) in [4.78, 5) is 23.1. The minimum absolute atomic E-state index is 0.266. The summed E-state index contributed by atoms with van der Waals surface area (Å²) in [6.07, 6.45) is -4.73. The van der Waals surface area contributed by atoms with Crippen LogP contribution in [-0.4, -0.2) is 17.0 Å². The molecule has 0 heterocycles. The lowest BCUT2D eigenvalue weighted by Gasteiger charge is -2.12. The van der Waals surface area contributed by atoms with Gasteiger partial charge >= 0.3 is 12.1 Å². The van der Waals surface area contributed by atoms with Crippen molar-refractivity contribution >= 4 is 29.2 Å². The van der Waals surface area contributed by atoms with Crippen molar-refractivity contribution in [3.8, 4) is 0 Å². The molecule has 0 radical (unpaired) electrons. The normalized spacial score (nSPS) is 11.2. The summed E-state index contributed by atoms with van der Waals surface area (Å²) in [5, 5.41) is 10.5. The highest BCUT2D eigenvalue weighted by molar-refractivity contribution is 6.31. The molecule has 0 atom stereocenters. The number of carboxylic acids is 1. The number of carbonyl (C=O) groups excluding carboxylic acids is 1. The second-order valence-electron chi connectivity index (χ2n) is 4.64. The Morgan fingerprint density at radius 3 is 2.29 bits per heavy atom. The number of benzene rings is 2. The van der Waals surface area contributed by atoms with E-state index < -0.39 is 45.6 Å². The molecule has 0 aliphatic heterocycles. The van der Waals surface area contributed by atoms with E-state index in [-0.39, 0.29) is 5.69 Å². The van der Waals surface area contributed by atoms with E-state index in [9.17, 15) is 27.2 Å². The molecule has 0 fully saturated rings. The summed E-state index contributed by atoms with van der Waals surface area (Å²) in [6.45, 7) is 0. The van der Waals surface area contributed by atoms with Crippen LogP contribution in [0.2, 0.25) is 5.02 Å². The van der Waals surface area contributed by atoms with Crippen LogP contribution in [0.25, 0.3) is 0 Å². The van der Waals surface area contributed by atoms with Gasteiger partial charge in [0.25, 0.3) is 5.91 Å². The Labute approximate surface area is 137 Å². The Morgan fingerprint density at radius 2 is 1.71 bits per heavy atom. The summed E-state index contributed by atoms with van der Waals surface area (Å²) in [6, 6.07) is 5.05. The zero-order valence-corrected chi connectivity index (χ0v) is 12.4. The number of nitrogens with one attached hydrogen (secondary N) is 1. The molecular weight excluding hydrogens is 354 g/mol. The maximum Gasteiger partial charge on any atom is 0.417 e. The van der Waals surface area contributed by atoms with Gasteiger partial charge in [0, 0.05) is 5.69 Å². The quantitative estimate of drug-likeness (QED) is 0.794. The van der Waals surface area contributed by atoms with Crippen LogP contribution in [-0.2, 0) is 6.18 Å². The van der Waals surface area contributed by atoms with E-state index in [1.807, 2.05) is 0 Å².